The maximum Gasteiger partial charge on any atom is 0.433 e. The van der Waals surface area contributed by atoms with Gasteiger partial charge in [-0.2, -0.15) is 13.2 Å². The van der Waals surface area contributed by atoms with Gasteiger partial charge in [0.25, 0.3) is 0 Å². The lowest BCUT2D eigenvalue weighted by Gasteiger charge is -2.20. The number of hydrogen-bond acceptors (Lipinski definition) is 3. The first-order chi connectivity index (χ1) is 11.0. The van der Waals surface area contributed by atoms with E-state index in [1.807, 2.05) is 20.8 Å². The Morgan fingerprint density at radius 1 is 1.12 bits per heavy atom. The fourth-order valence-electron chi connectivity index (χ4n) is 1.99. The zero-order valence-corrected chi connectivity index (χ0v) is 13.3. The minimum Gasteiger partial charge on any atom is -0.478 e. The van der Waals surface area contributed by atoms with Gasteiger partial charge in [-0.15, -0.1) is 0 Å². The summed E-state index contributed by atoms with van der Waals surface area (Å²) in [6.07, 6.45) is -4.61. The van der Waals surface area contributed by atoms with Crippen LogP contribution in [0.1, 0.15) is 42.4 Å². The van der Waals surface area contributed by atoms with Crippen molar-refractivity contribution in [3.63, 3.8) is 0 Å². The number of aromatic nitrogens is 1. The zero-order valence-electron chi connectivity index (χ0n) is 13.3. The van der Waals surface area contributed by atoms with Gasteiger partial charge < -0.3 is 9.84 Å². The van der Waals surface area contributed by atoms with E-state index >= 15 is 0 Å². The van der Waals surface area contributed by atoms with Crippen LogP contribution in [-0.2, 0) is 11.6 Å². The minimum absolute atomic E-state index is 0.0539. The van der Waals surface area contributed by atoms with Crippen molar-refractivity contribution in [1.29, 1.82) is 0 Å². The van der Waals surface area contributed by atoms with E-state index in [-0.39, 0.29) is 22.6 Å². The molecule has 1 N–H and O–H groups in total. The Hall–Kier alpha value is -2.57. The lowest BCUT2D eigenvalue weighted by atomic mass is 9.86. The number of aromatic carboxylic acids is 1. The Morgan fingerprint density at radius 3 is 2.33 bits per heavy atom. The van der Waals surface area contributed by atoms with Crippen molar-refractivity contribution in [2.75, 3.05) is 0 Å². The molecule has 128 valence electrons. The summed E-state index contributed by atoms with van der Waals surface area (Å²) >= 11 is 0. The highest BCUT2D eigenvalue weighted by atomic mass is 19.4. The average Bonchev–Trinajstić information content (AvgIpc) is 2.45. The molecule has 2 rings (SSSR count). The Balaban J connectivity index is 2.46. The van der Waals surface area contributed by atoms with Crippen molar-refractivity contribution in [1.82, 2.24) is 4.98 Å². The van der Waals surface area contributed by atoms with Crippen LogP contribution in [0.3, 0.4) is 0 Å². The molecule has 0 saturated heterocycles. The molecule has 0 unspecified atom stereocenters. The summed E-state index contributed by atoms with van der Waals surface area (Å²) in [4.78, 5) is 14.7. The first-order valence-electron chi connectivity index (χ1n) is 7.08. The van der Waals surface area contributed by atoms with Crippen LogP contribution in [0.15, 0.2) is 36.4 Å². The van der Waals surface area contributed by atoms with Gasteiger partial charge >= 0.3 is 12.1 Å². The van der Waals surface area contributed by atoms with Crippen LogP contribution < -0.4 is 4.74 Å². The monoisotopic (exact) mass is 339 g/mol. The van der Waals surface area contributed by atoms with E-state index in [0.717, 1.165) is 17.7 Å². The van der Waals surface area contributed by atoms with Gasteiger partial charge in [0.05, 0.1) is 0 Å². The predicted molar refractivity (Wildman–Crippen MR) is 81.4 cm³/mol. The molecule has 1 heterocycles. The SMILES string of the molecule is CC(C)(C)c1ccc(C(=O)O)c(Oc2cccc(C(F)(F)F)n2)c1. The lowest BCUT2D eigenvalue weighted by Crippen LogP contribution is -2.12. The van der Waals surface area contributed by atoms with E-state index in [2.05, 4.69) is 4.98 Å². The number of carbonyl (C=O) groups is 1. The number of hydrogen-bond donors (Lipinski definition) is 1. The van der Waals surface area contributed by atoms with Crippen LogP contribution in [0.2, 0.25) is 0 Å². The molecule has 0 aliphatic heterocycles. The topological polar surface area (TPSA) is 59.4 Å². The Labute approximate surface area is 136 Å². The molecule has 24 heavy (non-hydrogen) atoms. The molecule has 0 bridgehead atoms. The summed E-state index contributed by atoms with van der Waals surface area (Å²) < 4.78 is 43.5. The average molecular weight is 339 g/mol. The summed E-state index contributed by atoms with van der Waals surface area (Å²) in [5.41, 5.74) is -0.753. The quantitative estimate of drug-likeness (QED) is 0.865. The number of carboxylic acid groups (broad SMARTS) is 1. The molecule has 4 nitrogen and oxygen atoms in total. The van der Waals surface area contributed by atoms with Crippen LogP contribution in [-0.4, -0.2) is 16.1 Å². The molecule has 1 aromatic carbocycles. The van der Waals surface area contributed by atoms with Crippen LogP contribution >= 0.6 is 0 Å². The number of alkyl halides is 3. The number of pyridine rings is 1. The van der Waals surface area contributed by atoms with Crippen molar-refractivity contribution < 1.29 is 27.8 Å². The standard InChI is InChI=1S/C17H16F3NO3/c1-16(2,3)10-7-8-11(15(22)23)12(9-10)24-14-6-4-5-13(21-14)17(18,19)20/h4-9H,1-3H3,(H,22,23). The van der Waals surface area contributed by atoms with Crippen molar-refractivity contribution in [2.24, 2.45) is 0 Å². The fraction of sp³-hybridized carbons (Fsp3) is 0.294. The Kier molecular flexibility index (Phi) is 4.55. The highest BCUT2D eigenvalue weighted by Crippen LogP contribution is 2.33. The van der Waals surface area contributed by atoms with Gasteiger partial charge in [-0.1, -0.05) is 32.9 Å². The first kappa shape index (κ1) is 17.8. The molecular weight excluding hydrogens is 323 g/mol. The van der Waals surface area contributed by atoms with Crippen molar-refractivity contribution in [3.8, 4) is 11.6 Å². The van der Waals surface area contributed by atoms with Crippen LogP contribution in [0, 0.1) is 0 Å². The molecule has 0 amide bonds. The third-order valence-electron chi connectivity index (χ3n) is 3.31. The second-order valence-electron chi connectivity index (χ2n) is 6.23. The Morgan fingerprint density at radius 2 is 1.79 bits per heavy atom. The van der Waals surface area contributed by atoms with Crippen LogP contribution in [0.4, 0.5) is 13.2 Å². The molecule has 1 aromatic heterocycles. The Bertz CT molecular complexity index is 764. The zero-order chi connectivity index (χ0) is 18.1. The van der Waals surface area contributed by atoms with E-state index < -0.39 is 17.8 Å². The highest BCUT2D eigenvalue weighted by Gasteiger charge is 2.32. The third-order valence-corrected chi connectivity index (χ3v) is 3.31. The molecule has 0 saturated carbocycles. The summed E-state index contributed by atoms with van der Waals surface area (Å²) in [6.45, 7) is 5.78. The molecule has 0 spiro atoms. The van der Waals surface area contributed by atoms with Gasteiger partial charge in [0, 0.05) is 6.07 Å². The maximum absolute atomic E-state index is 12.7. The largest absolute Gasteiger partial charge is 0.478 e. The van der Waals surface area contributed by atoms with Gasteiger partial charge in [-0.05, 0) is 29.2 Å². The maximum atomic E-state index is 12.7. The van der Waals surface area contributed by atoms with Crippen LogP contribution in [0.25, 0.3) is 0 Å². The first-order valence-corrected chi connectivity index (χ1v) is 7.08. The second-order valence-corrected chi connectivity index (χ2v) is 6.23. The number of carboxylic acids is 1. The van der Waals surface area contributed by atoms with E-state index in [4.69, 9.17) is 4.74 Å². The molecule has 0 aliphatic rings. The molecule has 0 fully saturated rings. The highest BCUT2D eigenvalue weighted by molar-refractivity contribution is 5.91. The van der Waals surface area contributed by atoms with Crippen molar-refractivity contribution in [3.05, 3.63) is 53.2 Å². The minimum atomic E-state index is -4.61. The second kappa shape index (κ2) is 6.14. The normalized spacial score (nSPS) is 12.1. The third kappa shape index (κ3) is 4.04. The molecule has 0 atom stereocenters. The number of ether oxygens (including phenoxy) is 1. The van der Waals surface area contributed by atoms with Gasteiger partial charge in [-0.25, -0.2) is 9.78 Å². The molecular formula is C17H16F3NO3. The van der Waals surface area contributed by atoms with Crippen molar-refractivity contribution >= 4 is 5.97 Å². The lowest BCUT2D eigenvalue weighted by molar-refractivity contribution is -0.141. The number of rotatable bonds is 3. The molecule has 0 radical (unpaired) electrons. The van der Waals surface area contributed by atoms with Gasteiger partial charge in [-0.3, -0.25) is 0 Å². The van der Waals surface area contributed by atoms with E-state index in [0.29, 0.717) is 0 Å². The van der Waals surface area contributed by atoms with Gasteiger partial charge in [0.1, 0.15) is 17.0 Å². The molecule has 0 aliphatic carbocycles. The van der Waals surface area contributed by atoms with Gasteiger partial charge in [0.15, 0.2) is 0 Å². The van der Waals surface area contributed by atoms with E-state index in [1.54, 1.807) is 6.07 Å². The van der Waals surface area contributed by atoms with Gasteiger partial charge in [0.2, 0.25) is 5.88 Å². The van der Waals surface area contributed by atoms with Crippen molar-refractivity contribution in [2.45, 2.75) is 32.4 Å². The van der Waals surface area contributed by atoms with Crippen LogP contribution in [0.5, 0.6) is 11.6 Å². The number of nitrogens with zero attached hydrogens (tertiary/aromatic N) is 1. The summed E-state index contributed by atoms with van der Waals surface area (Å²) in [6, 6.07) is 7.73. The predicted octanol–water partition coefficient (Wildman–Crippen LogP) is 4.89. The molecule has 2 aromatic rings. The summed E-state index contributed by atoms with van der Waals surface area (Å²) in [5.74, 6) is -1.61. The summed E-state index contributed by atoms with van der Waals surface area (Å²) in [5, 5.41) is 9.24. The number of halogens is 3. The van der Waals surface area contributed by atoms with E-state index in [9.17, 15) is 23.1 Å². The number of benzene rings is 1. The smallest absolute Gasteiger partial charge is 0.433 e. The van der Waals surface area contributed by atoms with E-state index in [1.165, 1.54) is 18.2 Å². The molecule has 7 heteroatoms. The fourth-order valence-corrected chi connectivity index (χ4v) is 1.99. The summed E-state index contributed by atoms with van der Waals surface area (Å²) in [7, 11) is 0.